The molecule has 1 aromatic rings. The average Bonchev–Trinajstić information content (AvgIpc) is 2.26. The van der Waals surface area contributed by atoms with Gasteiger partial charge in [-0.25, -0.2) is 8.78 Å². The van der Waals surface area contributed by atoms with Crippen LogP contribution in [0.5, 0.6) is 5.75 Å². The standard InChI is InChI=1S/C11H14F2O2/c1-2-10(14)8-3-5-9(6-4-8)15-7-11(12)13/h3-6,10-11,14H,2,7H2,1H3. The summed E-state index contributed by atoms with van der Waals surface area (Å²) in [6.07, 6.45) is -2.35. The van der Waals surface area contributed by atoms with Crippen LogP contribution in [0.3, 0.4) is 0 Å². The van der Waals surface area contributed by atoms with Crippen molar-refractivity contribution >= 4 is 0 Å². The third-order valence-electron chi connectivity index (χ3n) is 2.03. The molecule has 0 radical (unpaired) electrons. The molecule has 0 saturated heterocycles. The third-order valence-corrected chi connectivity index (χ3v) is 2.03. The van der Waals surface area contributed by atoms with E-state index in [1.165, 1.54) is 0 Å². The Morgan fingerprint density at radius 2 is 1.87 bits per heavy atom. The van der Waals surface area contributed by atoms with Crippen molar-refractivity contribution in [3.8, 4) is 5.75 Å². The lowest BCUT2D eigenvalue weighted by Crippen LogP contribution is -2.07. The van der Waals surface area contributed by atoms with Crippen molar-refractivity contribution in [2.45, 2.75) is 25.9 Å². The summed E-state index contributed by atoms with van der Waals surface area (Å²) in [4.78, 5) is 0. The number of rotatable bonds is 5. The number of hydrogen-bond donors (Lipinski definition) is 1. The zero-order valence-corrected chi connectivity index (χ0v) is 8.49. The van der Waals surface area contributed by atoms with Crippen molar-refractivity contribution in [1.29, 1.82) is 0 Å². The van der Waals surface area contributed by atoms with Crippen LogP contribution >= 0.6 is 0 Å². The number of aliphatic hydroxyl groups excluding tert-OH is 1. The molecule has 2 nitrogen and oxygen atoms in total. The van der Waals surface area contributed by atoms with Gasteiger partial charge in [-0.1, -0.05) is 19.1 Å². The molecule has 0 fully saturated rings. The summed E-state index contributed by atoms with van der Waals surface area (Å²) in [6.45, 7) is 1.27. The maximum atomic E-state index is 11.8. The van der Waals surface area contributed by atoms with Gasteiger partial charge in [0.2, 0.25) is 0 Å². The van der Waals surface area contributed by atoms with Crippen LogP contribution in [0, 0.1) is 0 Å². The molecule has 1 atom stereocenters. The fourth-order valence-electron chi connectivity index (χ4n) is 1.18. The van der Waals surface area contributed by atoms with Crippen LogP contribution in [0.25, 0.3) is 0 Å². The minimum absolute atomic E-state index is 0.391. The molecule has 0 aliphatic rings. The summed E-state index contributed by atoms with van der Waals surface area (Å²) in [7, 11) is 0. The largest absolute Gasteiger partial charge is 0.488 e. The lowest BCUT2D eigenvalue weighted by Gasteiger charge is -2.09. The minimum atomic E-state index is -2.47. The van der Waals surface area contributed by atoms with E-state index in [1.807, 2.05) is 6.92 Å². The van der Waals surface area contributed by atoms with Gasteiger partial charge in [0.1, 0.15) is 12.4 Å². The zero-order chi connectivity index (χ0) is 11.3. The Hall–Kier alpha value is -1.16. The maximum Gasteiger partial charge on any atom is 0.272 e. The number of halogens is 2. The van der Waals surface area contributed by atoms with Gasteiger partial charge in [0, 0.05) is 0 Å². The summed E-state index contributed by atoms with van der Waals surface area (Å²) in [5.74, 6) is 0.391. The summed E-state index contributed by atoms with van der Waals surface area (Å²) in [6, 6.07) is 6.51. The predicted molar refractivity (Wildman–Crippen MR) is 53.2 cm³/mol. The first-order valence-corrected chi connectivity index (χ1v) is 4.82. The quantitative estimate of drug-likeness (QED) is 0.820. The van der Waals surface area contributed by atoms with Gasteiger partial charge in [0.15, 0.2) is 0 Å². The number of aliphatic hydroxyl groups is 1. The van der Waals surface area contributed by atoms with Gasteiger partial charge in [-0.3, -0.25) is 0 Å². The highest BCUT2D eigenvalue weighted by molar-refractivity contribution is 5.28. The Labute approximate surface area is 87.5 Å². The van der Waals surface area contributed by atoms with Gasteiger partial charge in [-0.15, -0.1) is 0 Å². The Kier molecular flexibility index (Phi) is 4.49. The van der Waals surface area contributed by atoms with E-state index in [9.17, 15) is 13.9 Å². The van der Waals surface area contributed by atoms with E-state index in [2.05, 4.69) is 0 Å². The van der Waals surface area contributed by atoms with Crippen molar-refractivity contribution in [1.82, 2.24) is 0 Å². The summed E-state index contributed by atoms with van der Waals surface area (Å²) >= 11 is 0. The molecule has 0 heterocycles. The van der Waals surface area contributed by atoms with Crippen LogP contribution in [-0.2, 0) is 0 Å². The second-order valence-electron chi connectivity index (χ2n) is 3.20. The average molecular weight is 216 g/mol. The first-order valence-electron chi connectivity index (χ1n) is 4.82. The van der Waals surface area contributed by atoms with Gasteiger partial charge in [0.05, 0.1) is 6.10 Å². The van der Waals surface area contributed by atoms with Crippen molar-refractivity contribution in [3.05, 3.63) is 29.8 Å². The van der Waals surface area contributed by atoms with Gasteiger partial charge in [0.25, 0.3) is 6.43 Å². The zero-order valence-electron chi connectivity index (χ0n) is 8.49. The lowest BCUT2D eigenvalue weighted by molar-refractivity contribution is 0.0818. The number of ether oxygens (including phenoxy) is 1. The third kappa shape index (κ3) is 3.83. The summed E-state index contributed by atoms with van der Waals surface area (Å²) in [5, 5.41) is 9.48. The monoisotopic (exact) mass is 216 g/mol. The van der Waals surface area contributed by atoms with E-state index in [-0.39, 0.29) is 0 Å². The lowest BCUT2D eigenvalue weighted by atomic mass is 10.1. The maximum absolute atomic E-state index is 11.8. The molecule has 0 aliphatic carbocycles. The molecule has 1 aromatic carbocycles. The van der Waals surface area contributed by atoms with Crippen molar-refractivity contribution in [2.24, 2.45) is 0 Å². The van der Waals surface area contributed by atoms with Crippen molar-refractivity contribution in [2.75, 3.05) is 6.61 Å². The fourth-order valence-corrected chi connectivity index (χ4v) is 1.18. The molecule has 0 aliphatic heterocycles. The Balaban J connectivity index is 2.56. The molecule has 84 valence electrons. The van der Waals surface area contributed by atoms with Crippen LogP contribution in [0.2, 0.25) is 0 Å². The molecule has 15 heavy (non-hydrogen) atoms. The van der Waals surface area contributed by atoms with E-state index < -0.39 is 19.1 Å². The van der Waals surface area contributed by atoms with E-state index in [0.29, 0.717) is 12.2 Å². The molecule has 1 N–H and O–H groups in total. The number of alkyl halides is 2. The van der Waals surface area contributed by atoms with Gasteiger partial charge in [-0.2, -0.15) is 0 Å². The van der Waals surface area contributed by atoms with Crippen LogP contribution in [-0.4, -0.2) is 18.1 Å². The van der Waals surface area contributed by atoms with Gasteiger partial charge in [-0.05, 0) is 24.1 Å². The Morgan fingerprint density at radius 3 is 2.33 bits per heavy atom. The van der Waals surface area contributed by atoms with E-state index in [0.717, 1.165) is 5.56 Å². The molecule has 4 heteroatoms. The van der Waals surface area contributed by atoms with E-state index in [1.54, 1.807) is 24.3 Å². The molecule has 0 amide bonds. The van der Waals surface area contributed by atoms with Crippen molar-refractivity contribution < 1.29 is 18.6 Å². The molecule has 0 saturated carbocycles. The fraction of sp³-hybridized carbons (Fsp3) is 0.455. The summed E-state index contributed by atoms with van der Waals surface area (Å²) < 4.78 is 28.4. The number of hydrogen-bond acceptors (Lipinski definition) is 2. The van der Waals surface area contributed by atoms with E-state index in [4.69, 9.17) is 4.74 Å². The highest BCUT2D eigenvalue weighted by Gasteiger charge is 2.06. The molecular weight excluding hydrogens is 202 g/mol. The molecule has 1 unspecified atom stereocenters. The first kappa shape index (κ1) is 11.9. The van der Waals surface area contributed by atoms with Crippen molar-refractivity contribution in [3.63, 3.8) is 0 Å². The van der Waals surface area contributed by atoms with Gasteiger partial charge >= 0.3 is 0 Å². The molecule has 1 rings (SSSR count). The normalized spacial score (nSPS) is 12.9. The smallest absolute Gasteiger partial charge is 0.272 e. The van der Waals surface area contributed by atoms with Crippen LogP contribution in [0.1, 0.15) is 25.0 Å². The predicted octanol–water partition coefficient (Wildman–Crippen LogP) is 2.77. The topological polar surface area (TPSA) is 29.5 Å². The highest BCUT2D eigenvalue weighted by Crippen LogP contribution is 2.19. The molecular formula is C11H14F2O2. The van der Waals surface area contributed by atoms with E-state index >= 15 is 0 Å². The van der Waals surface area contributed by atoms with Crippen LogP contribution < -0.4 is 4.74 Å². The molecule has 0 aromatic heterocycles. The van der Waals surface area contributed by atoms with Gasteiger partial charge < -0.3 is 9.84 Å². The molecule has 0 bridgehead atoms. The Bertz CT molecular complexity index is 285. The highest BCUT2D eigenvalue weighted by atomic mass is 19.3. The van der Waals surface area contributed by atoms with Crippen LogP contribution in [0.4, 0.5) is 8.78 Å². The van der Waals surface area contributed by atoms with Crippen LogP contribution in [0.15, 0.2) is 24.3 Å². The molecule has 0 spiro atoms. The second kappa shape index (κ2) is 5.66. The first-order chi connectivity index (χ1) is 7.13. The Morgan fingerprint density at radius 1 is 1.27 bits per heavy atom. The minimum Gasteiger partial charge on any atom is -0.488 e. The number of benzene rings is 1. The SMILES string of the molecule is CCC(O)c1ccc(OCC(F)F)cc1. The second-order valence-corrected chi connectivity index (χ2v) is 3.20. The summed E-state index contributed by atoms with van der Waals surface area (Å²) in [5.41, 5.74) is 0.766.